The lowest BCUT2D eigenvalue weighted by Gasteiger charge is -2.25. The van der Waals surface area contributed by atoms with Crippen LogP contribution in [0.4, 0.5) is 13.2 Å². The molecule has 2 heterocycles. The van der Waals surface area contributed by atoms with Crippen molar-refractivity contribution in [3.63, 3.8) is 0 Å². The number of carbonyl (C=O) groups excluding carboxylic acids is 1. The SMILES string of the molecule is CC(=O)NCc1cnc(C2CCCN2CCCc2ccccc2)cc1C(F)(F)F. The van der Waals surface area contributed by atoms with Gasteiger partial charge in [0.05, 0.1) is 17.3 Å². The lowest BCUT2D eigenvalue weighted by atomic mass is 10.0. The van der Waals surface area contributed by atoms with Crippen LogP contribution in [-0.2, 0) is 23.9 Å². The third-order valence-corrected chi connectivity index (χ3v) is 5.30. The van der Waals surface area contributed by atoms with E-state index < -0.39 is 11.7 Å². The second-order valence-electron chi connectivity index (χ2n) is 7.46. The second-order valence-corrected chi connectivity index (χ2v) is 7.46. The fourth-order valence-corrected chi connectivity index (χ4v) is 3.87. The van der Waals surface area contributed by atoms with Crippen LogP contribution in [0.1, 0.15) is 54.6 Å². The van der Waals surface area contributed by atoms with Crippen molar-refractivity contribution in [1.29, 1.82) is 0 Å². The Kier molecular flexibility index (Phi) is 6.90. The Labute approximate surface area is 169 Å². The molecule has 0 radical (unpaired) electrons. The summed E-state index contributed by atoms with van der Waals surface area (Å²) in [6.07, 6.45) is 0.429. The quantitative estimate of drug-likeness (QED) is 0.737. The average Bonchev–Trinajstić information content (AvgIpc) is 3.15. The van der Waals surface area contributed by atoms with Gasteiger partial charge in [0.2, 0.25) is 5.91 Å². The van der Waals surface area contributed by atoms with Crippen molar-refractivity contribution in [2.45, 2.75) is 51.4 Å². The second kappa shape index (κ2) is 9.39. The molecule has 7 heteroatoms. The summed E-state index contributed by atoms with van der Waals surface area (Å²) in [6.45, 7) is 2.80. The first-order valence-corrected chi connectivity index (χ1v) is 9.93. The summed E-state index contributed by atoms with van der Waals surface area (Å²) in [5.41, 5.74) is 1.00. The first-order chi connectivity index (χ1) is 13.8. The Bertz CT molecular complexity index is 824. The molecule has 0 bridgehead atoms. The maximum absolute atomic E-state index is 13.6. The summed E-state index contributed by atoms with van der Waals surface area (Å²) in [5.74, 6) is -0.373. The van der Waals surface area contributed by atoms with E-state index in [4.69, 9.17) is 0 Å². The van der Waals surface area contributed by atoms with E-state index in [1.807, 2.05) is 18.2 Å². The van der Waals surface area contributed by atoms with Crippen molar-refractivity contribution in [3.05, 3.63) is 65.0 Å². The van der Waals surface area contributed by atoms with Crippen molar-refractivity contribution < 1.29 is 18.0 Å². The van der Waals surface area contributed by atoms with Crippen molar-refractivity contribution in [3.8, 4) is 0 Å². The highest BCUT2D eigenvalue weighted by Crippen LogP contribution is 2.36. The molecule has 1 saturated heterocycles. The number of rotatable bonds is 7. The highest BCUT2D eigenvalue weighted by Gasteiger charge is 2.36. The van der Waals surface area contributed by atoms with Crippen LogP contribution in [-0.4, -0.2) is 28.9 Å². The predicted octanol–water partition coefficient (Wildman–Crippen LogP) is 4.51. The number of aromatic nitrogens is 1. The highest BCUT2D eigenvalue weighted by molar-refractivity contribution is 5.72. The van der Waals surface area contributed by atoms with Gasteiger partial charge < -0.3 is 5.32 Å². The molecule has 1 aromatic heterocycles. The average molecular weight is 405 g/mol. The smallest absolute Gasteiger partial charge is 0.352 e. The molecular weight excluding hydrogens is 379 g/mol. The Morgan fingerprint density at radius 3 is 2.72 bits per heavy atom. The molecule has 29 heavy (non-hydrogen) atoms. The Morgan fingerprint density at radius 1 is 1.28 bits per heavy atom. The first-order valence-electron chi connectivity index (χ1n) is 9.93. The fourth-order valence-electron chi connectivity index (χ4n) is 3.87. The molecule has 156 valence electrons. The number of halogens is 3. The molecule has 1 unspecified atom stereocenters. The molecule has 1 aromatic carbocycles. The Morgan fingerprint density at radius 2 is 2.03 bits per heavy atom. The molecule has 2 aromatic rings. The largest absolute Gasteiger partial charge is 0.416 e. The zero-order chi connectivity index (χ0) is 20.9. The zero-order valence-corrected chi connectivity index (χ0v) is 16.5. The van der Waals surface area contributed by atoms with Crippen molar-refractivity contribution in [1.82, 2.24) is 15.2 Å². The molecule has 0 aliphatic carbocycles. The van der Waals surface area contributed by atoms with Gasteiger partial charge in [-0.2, -0.15) is 13.2 Å². The van der Waals surface area contributed by atoms with Crippen LogP contribution in [0.25, 0.3) is 0 Å². The highest BCUT2D eigenvalue weighted by atomic mass is 19.4. The number of carbonyl (C=O) groups is 1. The van der Waals surface area contributed by atoms with Gasteiger partial charge in [0.1, 0.15) is 0 Å². The minimum absolute atomic E-state index is 0.00919. The van der Waals surface area contributed by atoms with Gasteiger partial charge in [-0.25, -0.2) is 0 Å². The lowest BCUT2D eigenvalue weighted by molar-refractivity contribution is -0.138. The molecule has 4 nitrogen and oxygen atoms in total. The molecule has 1 aliphatic heterocycles. The summed E-state index contributed by atoms with van der Waals surface area (Å²) >= 11 is 0. The molecular formula is C22H26F3N3O. The molecule has 1 atom stereocenters. The van der Waals surface area contributed by atoms with E-state index in [0.29, 0.717) is 5.69 Å². The third kappa shape index (κ3) is 5.79. The molecule has 3 rings (SSSR count). The summed E-state index contributed by atoms with van der Waals surface area (Å²) in [5, 5.41) is 2.43. The van der Waals surface area contributed by atoms with Gasteiger partial charge in [0.25, 0.3) is 0 Å². The van der Waals surface area contributed by atoms with E-state index in [-0.39, 0.29) is 24.1 Å². The standard InChI is InChI=1S/C22H26F3N3O/c1-16(29)26-14-18-15-27-20(13-19(18)22(23,24)25)21-10-6-12-28(21)11-5-9-17-7-3-2-4-8-17/h2-4,7-8,13,15,21H,5-6,9-12,14H2,1H3,(H,26,29). The third-order valence-electron chi connectivity index (χ3n) is 5.30. The number of hydrogen-bond acceptors (Lipinski definition) is 3. The maximum atomic E-state index is 13.6. The number of aryl methyl sites for hydroxylation is 1. The molecule has 0 saturated carbocycles. The molecule has 1 fully saturated rings. The number of hydrogen-bond donors (Lipinski definition) is 1. The maximum Gasteiger partial charge on any atom is 0.416 e. The van der Waals surface area contributed by atoms with E-state index >= 15 is 0 Å². The van der Waals surface area contributed by atoms with Gasteiger partial charge in [-0.1, -0.05) is 30.3 Å². The number of benzene rings is 1. The number of amides is 1. The van der Waals surface area contributed by atoms with E-state index in [1.165, 1.54) is 18.7 Å². The number of likely N-dealkylation sites (tertiary alicyclic amines) is 1. The minimum Gasteiger partial charge on any atom is -0.352 e. The predicted molar refractivity (Wildman–Crippen MR) is 105 cm³/mol. The number of nitrogens with one attached hydrogen (secondary N) is 1. The van der Waals surface area contributed by atoms with E-state index in [0.717, 1.165) is 44.8 Å². The fraction of sp³-hybridized carbons (Fsp3) is 0.455. The van der Waals surface area contributed by atoms with Crippen LogP contribution < -0.4 is 5.32 Å². The van der Waals surface area contributed by atoms with Crippen molar-refractivity contribution in [2.24, 2.45) is 0 Å². The van der Waals surface area contributed by atoms with Crippen molar-refractivity contribution in [2.75, 3.05) is 13.1 Å². The van der Waals surface area contributed by atoms with Gasteiger partial charge in [-0.15, -0.1) is 0 Å². The van der Waals surface area contributed by atoms with Crippen LogP contribution >= 0.6 is 0 Å². The monoisotopic (exact) mass is 405 g/mol. The summed E-state index contributed by atoms with van der Waals surface area (Å²) in [4.78, 5) is 17.7. The van der Waals surface area contributed by atoms with Gasteiger partial charge in [0.15, 0.2) is 0 Å². The van der Waals surface area contributed by atoms with Gasteiger partial charge in [-0.05, 0) is 50.4 Å². The summed E-state index contributed by atoms with van der Waals surface area (Å²) in [7, 11) is 0. The topological polar surface area (TPSA) is 45.2 Å². The van der Waals surface area contributed by atoms with Gasteiger partial charge in [-0.3, -0.25) is 14.7 Å². The van der Waals surface area contributed by atoms with E-state index in [2.05, 4.69) is 27.3 Å². The van der Waals surface area contributed by atoms with Gasteiger partial charge >= 0.3 is 6.18 Å². The molecule has 1 aliphatic rings. The van der Waals surface area contributed by atoms with Crippen LogP contribution in [0.3, 0.4) is 0 Å². The molecule has 0 spiro atoms. The van der Waals surface area contributed by atoms with Gasteiger partial charge in [0, 0.05) is 25.2 Å². The van der Waals surface area contributed by atoms with Crippen LogP contribution in [0.5, 0.6) is 0 Å². The van der Waals surface area contributed by atoms with E-state index in [9.17, 15) is 18.0 Å². The molecule has 1 amide bonds. The Balaban J connectivity index is 1.71. The zero-order valence-electron chi connectivity index (χ0n) is 16.5. The molecule has 1 N–H and O–H groups in total. The van der Waals surface area contributed by atoms with E-state index in [1.54, 1.807) is 0 Å². The van der Waals surface area contributed by atoms with Crippen molar-refractivity contribution >= 4 is 5.91 Å². The minimum atomic E-state index is -4.48. The normalized spacial score (nSPS) is 17.4. The van der Waals surface area contributed by atoms with Crippen LogP contribution in [0.2, 0.25) is 0 Å². The number of nitrogens with zero attached hydrogens (tertiary/aromatic N) is 2. The first kappa shape index (κ1) is 21.3. The number of alkyl halides is 3. The summed E-state index contributed by atoms with van der Waals surface area (Å²) in [6, 6.07) is 11.3. The summed E-state index contributed by atoms with van der Waals surface area (Å²) < 4.78 is 40.7. The number of pyridine rings is 1. The Hall–Kier alpha value is -2.41. The lowest BCUT2D eigenvalue weighted by Crippen LogP contribution is -2.27. The van der Waals surface area contributed by atoms with Crippen LogP contribution in [0.15, 0.2) is 42.6 Å². The van der Waals surface area contributed by atoms with Crippen LogP contribution in [0, 0.1) is 0 Å².